The second kappa shape index (κ2) is 5.75. The van der Waals surface area contributed by atoms with Gasteiger partial charge < -0.3 is 20.2 Å². The van der Waals surface area contributed by atoms with E-state index < -0.39 is 0 Å². The molecule has 0 fully saturated rings. The highest BCUT2D eigenvalue weighted by Gasteiger charge is 2.05. The van der Waals surface area contributed by atoms with Crippen LogP contribution in [-0.2, 0) is 6.42 Å². The van der Waals surface area contributed by atoms with Crippen LogP contribution >= 0.6 is 0 Å². The zero-order valence-electron chi connectivity index (χ0n) is 11.8. The summed E-state index contributed by atoms with van der Waals surface area (Å²) in [5.41, 5.74) is 9.13. The molecule has 108 valence electrons. The Kier molecular flexibility index (Phi) is 3.64. The maximum Gasteiger partial charge on any atom is 0.295 e. The fraction of sp³-hybridized carbons (Fsp3) is 0.188. The van der Waals surface area contributed by atoms with Crippen LogP contribution in [0.2, 0.25) is 0 Å². The minimum Gasteiger partial charge on any atom is -0.497 e. The smallest absolute Gasteiger partial charge is 0.295 e. The van der Waals surface area contributed by atoms with Crippen LogP contribution in [-0.4, -0.2) is 18.6 Å². The van der Waals surface area contributed by atoms with Crippen LogP contribution in [0.15, 0.2) is 46.9 Å². The molecule has 3 N–H and O–H groups in total. The highest BCUT2D eigenvalue weighted by molar-refractivity contribution is 5.78. The van der Waals surface area contributed by atoms with Crippen molar-refractivity contribution in [2.24, 2.45) is 0 Å². The molecule has 0 saturated heterocycles. The number of ether oxygens (including phenoxy) is 1. The van der Waals surface area contributed by atoms with Crippen LogP contribution in [0.25, 0.3) is 11.1 Å². The third-order valence-electron chi connectivity index (χ3n) is 3.26. The van der Waals surface area contributed by atoms with Gasteiger partial charge in [0.25, 0.3) is 6.01 Å². The molecule has 0 saturated carbocycles. The highest BCUT2D eigenvalue weighted by atomic mass is 16.5. The van der Waals surface area contributed by atoms with E-state index >= 15 is 0 Å². The number of nitrogen functional groups attached to an aromatic ring is 1. The van der Waals surface area contributed by atoms with Crippen molar-refractivity contribution in [3.63, 3.8) is 0 Å². The number of nitrogens with zero attached hydrogens (tertiary/aromatic N) is 1. The number of methoxy groups -OCH3 is 1. The Bertz CT molecular complexity index is 735. The second-order valence-electron chi connectivity index (χ2n) is 4.77. The molecular weight excluding hydrogens is 266 g/mol. The van der Waals surface area contributed by atoms with Gasteiger partial charge in [-0.1, -0.05) is 12.1 Å². The lowest BCUT2D eigenvalue weighted by Crippen LogP contribution is -2.04. The summed E-state index contributed by atoms with van der Waals surface area (Å²) in [6.45, 7) is 0.745. The van der Waals surface area contributed by atoms with Gasteiger partial charge in [0.2, 0.25) is 0 Å². The maximum atomic E-state index is 5.72. The Morgan fingerprint density at radius 1 is 1.19 bits per heavy atom. The summed E-state index contributed by atoms with van der Waals surface area (Å²) in [5.74, 6) is 0.864. The summed E-state index contributed by atoms with van der Waals surface area (Å²) in [6.07, 6.45) is 0.880. The zero-order valence-corrected chi connectivity index (χ0v) is 11.8. The number of rotatable bonds is 5. The molecule has 0 unspecified atom stereocenters. The normalized spacial score (nSPS) is 10.7. The number of fused-ring (bicyclic) bond motifs is 1. The van der Waals surface area contributed by atoms with Gasteiger partial charge in [0.1, 0.15) is 11.3 Å². The van der Waals surface area contributed by atoms with Crippen molar-refractivity contribution in [3.8, 4) is 5.75 Å². The molecule has 0 aliphatic heterocycles. The van der Waals surface area contributed by atoms with Crippen molar-refractivity contribution in [2.45, 2.75) is 6.42 Å². The molecule has 0 spiro atoms. The lowest BCUT2D eigenvalue weighted by Gasteiger charge is -2.04. The molecule has 21 heavy (non-hydrogen) atoms. The van der Waals surface area contributed by atoms with E-state index in [1.165, 1.54) is 5.56 Å². The molecule has 5 nitrogen and oxygen atoms in total. The first-order valence-corrected chi connectivity index (χ1v) is 6.77. The maximum absolute atomic E-state index is 5.72. The van der Waals surface area contributed by atoms with Gasteiger partial charge in [0, 0.05) is 12.2 Å². The first kappa shape index (κ1) is 13.3. The Balaban J connectivity index is 1.60. The third-order valence-corrected chi connectivity index (χ3v) is 3.26. The predicted molar refractivity (Wildman–Crippen MR) is 83.6 cm³/mol. The molecule has 1 aromatic heterocycles. The number of oxazole rings is 1. The van der Waals surface area contributed by atoms with E-state index in [-0.39, 0.29) is 0 Å². The molecule has 0 aliphatic carbocycles. The summed E-state index contributed by atoms with van der Waals surface area (Å²) < 4.78 is 10.7. The number of hydrogen-bond donors (Lipinski definition) is 2. The molecule has 0 aliphatic rings. The summed E-state index contributed by atoms with van der Waals surface area (Å²) in [6, 6.07) is 14.0. The SMILES string of the molecule is COc1ccc(CCNc2nc3cc(N)ccc3o2)cc1. The number of aromatic nitrogens is 1. The first-order valence-electron chi connectivity index (χ1n) is 6.77. The third kappa shape index (κ3) is 3.08. The number of anilines is 2. The van der Waals surface area contributed by atoms with E-state index in [1.54, 1.807) is 19.2 Å². The van der Waals surface area contributed by atoms with Crippen molar-refractivity contribution in [2.75, 3.05) is 24.7 Å². The van der Waals surface area contributed by atoms with E-state index in [2.05, 4.69) is 10.3 Å². The monoisotopic (exact) mass is 283 g/mol. The molecule has 0 radical (unpaired) electrons. The summed E-state index contributed by atoms with van der Waals surface area (Å²) in [7, 11) is 1.66. The van der Waals surface area contributed by atoms with Gasteiger partial charge in [0.15, 0.2) is 5.58 Å². The van der Waals surface area contributed by atoms with E-state index in [4.69, 9.17) is 14.9 Å². The molecule has 0 amide bonds. The van der Waals surface area contributed by atoms with Gasteiger partial charge in [-0.05, 0) is 42.3 Å². The average molecular weight is 283 g/mol. The van der Waals surface area contributed by atoms with Crippen molar-refractivity contribution < 1.29 is 9.15 Å². The Morgan fingerprint density at radius 2 is 2.00 bits per heavy atom. The number of hydrogen-bond acceptors (Lipinski definition) is 5. The first-order chi connectivity index (χ1) is 10.2. The molecule has 0 bridgehead atoms. The Hall–Kier alpha value is -2.69. The standard InChI is InChI=1S/C16H17N3O2/c1-20-13-5-2-11(3-6-13)8-9-18-16-19-14-10-12(17)4-7-15(14)21-16/h2-7,10H,8-9,17H2,1H3,(H,18,19). The fourth-order valence-electron chi connectivity index (χ4n) is 2.13. The minimum absolute atomic E-state index is 0.518. The number of nitrogens with one attached hydrogen (secondary N) is 1. The molecule has 0 atom stereocenters. The molecule has 3 rings (SSSR count). The summed E-state index contributed by atoms with van der Waals surface area (Å²) in [5, 5.41) is 3.18. The van der Waals surface area contributed by atoms with E-state index in [0.717, 1.165) is 29.8 Å². The lowest BCUT2D eigenvalue weighted by molar-refractivity contribution is 0.414. The quantitative estimate of drug-likeness (QED) is 0.704. The van der Waals surface area contributed by atoms with E-state index in [1.807, 2.05) is 30.3 Å². The number of nitrogens with two attached hydrogens (primary N) is 1. The topological polar surface area (TPSA) is 73.3 Å². The predicted octanol–water partition coefficient (Wildman–Crippen LogP) is 3.07. The van der Waals surface area contributed by atoms with Crippen molar-refractivity contribution in [1.29, 1.82) is 0 Å². The summed E-state index contributed by atoms with van der Waals surface area (Å²) >= 11 is 0. The minimum atomic E-state index is 0.518. The molecule has 2 aromatic carbocycles. The lowest BCUT2D eigenvalue weighted by atomic mass is 10.1. The van der Waals surface area contributed by atoms with Gasteiger partial charge in [0.05, 0.1) is 7.11 Å². The fourth-order valence-corrected chi connectivity index (χ4v) is 2.13. The van der Waals surface area contributed by atoms with Gasteiger partial charge in [-0.3, -0.25) is 0 Å². The molecular formula is C16H17N3O2. The molecule has 3 aromatic rings. The Morgan fingerprint density at radius 3 is 2.76 bits per heavy atom. The zero-order chi connectivity index (χ0) is 14.7. The Labute approximate surface area is 122 Å². The van der Waals surface area contributed by atoms with Gasteiger partial charge >= 0.3 is 0 Å². The van der Waals surface area contributed by atoms with Crippen LogP contribution in [0, 0.1) is 0 Å². The number of benzene rings is 2. The average Bonchev–Trinajstić information content (AvgIpc) is 2.89. The van der Waals surface area contributed by atoms with Crippen LogP contribution in [0.1, 0.15) is 5.56 Å². The van der Waals surface area contributed by atoms with E-state index in [0.29, 0.717) is 11.7 Å². The van der Waals surface area contributed by atoms with Gasteiger partial charge in [-0.15, -0.1) is 0 Å². The van der Waals surface area contributed by atoms with Crippen LogP contribution in [0.3, 0.4) is 0 Å². The van der Waals surface area contributed by atoms with Crippen molar-refractivity contribution >= 4 is 22.8 Å². The van der Waals surface area contributed by atoms with Gasteiger partial charge in [-0.2, -0.15) is 4.98 Å². The van der Waals surface area contributed by atoms with E-state index in [9.17, 15) is 0 Å². The van der Waals surface area contributed by atoms with Crippen LogP contribution in [0.5, 0.6) is 5.75 Å². The van der Waals surface area contributed by atoms with Gasteiger partial charge in [-0.25, -0.2) is 0 Å². The van der Waals surface area contributed by atoms with Crippen molar-refractivity contribution in [1.82, 2.24) is 4.98 Å². The van der Waals surface area contributed by atoms with Crippen LogP contribution in [0.4, 0.5) is 11.7 Å². The summed E-state index contributed by atoms with van der Waals surface area (Å²) in [4.78, 5) is 4.35. The molecule has 5 heteroatoms. The van der Waals surface area contributed by atoms with Crippen molar-refractivity contribution in [3.05, 3.63) is 48.0 Å². The molecule has 1 heterocycles. The largest absolute Gasteiger partial charge is 0.497 e. The van der Waals surface area contributed by atoms with Crippen LogP contribution < -0.4 is 15.8 Å². The highest BCUT2D eigenvalue weighted by Crippen LogP contribution is 2.21. The second-order valence-corrected chi connectivity index (χ2v) is 4.77.